The maximum atomic E-state index is 3.51. The molecule has 2 aromatic rings. The number of benzene rings is 2. The lowest BCUT2D eigenvalue weighted by molar-refractivity contribution is 0.690. The van der Waals surface area contributed by atoms with E-state index < -0.39 is 0 Å². The number of aryl methyl sites for hydroxylation is 1. The van der Waals surface area contributed by atoms with Crippen LogP contribution in [0.25, 0.3) is 0 Å². The van der Waals surface area contributed by atoms with E-state index in [9.17, 15) is 0 Å². The number of halogens is 1. The van der Waals surface area contributed by atoms with E-state index in [2.05, 4.69) is 76.0 Å². The van der Waals surface area contributed by atoms with Crippen LogP contribution in [0.5, 0.6) is 0 Å². The summed E-state index contributed by atoms with van der Waals surface area (Å²) in [4.78, 5) is 0. The summed E-state index contributed by atoms with van der Waals surface area (Å²) in [7, 11) is 1.93. The van der Waals surface area contributed by atoms with Crippen molar-refractivity contribution in [2.45, 2.75) is 20.0 Å². The number of hydrogen-bond donors (Lipinski definition) is 2. The topological polar surface area (TPSA) is 24.1 Å². The van der Waals surface area contributed by atoms with E-state index in [0.717, 1.165) is 23.2 Å². The highest BCUT2D eigenvalue weighted by atomic mass is 79.9. The average molecular weight is 319 g/mol. The van der Waals surface area contributed by atoms with Crippen LogP contribution in [0.4, 0.5) is 5.69 Å². The van der Waals surface area contributed by atoms with E-state index in [1.54, 1.807) is 0 Å². The molecule has 0 bridgehead atoms. The normalized spacial score (nSPS) is 10.5. The fourth-order valence-corrected chi connectivity index (χ4v) is 2.37. The van der Waals surface area contributed by atoms with E-state index in [-0.39, 0.29) is 0 Å². The van der Waals surface area contributed by atoms with Gasteiger partial charge in [-0.25, -0.2) is 0 Å². The molecule has 3 heteroatoms. The molecule has 0 atom stereocenters. The van der Waals surface area contributed by atoms with Crippen molar-refractivity contribution >= 4 is 21.6 Å². The number of rotatable bonds is 5. The number of nitrogens with one attached hydrogen (secondary N) is 2. The maximum Gasteiger partial charge on any atom is 0.0337 e. The minimum Gasteiger partial charge on any atom is -0.388 e. The lowest BCUT2D eigenvalue weighted by Gasteiger charge is -2.09. The van der Waals surface area contributed by atoms with E-state index >= 15 is 0 Å². The van der Waals surface area contributed by atoms with Crippen LogP contribution >= 0.6 is 15.9 Å². The third kappa shape index (κ3) is 4.08. The molecule has 0 aromatic heterocycles. The fourth-order valence-electron chi connectivity index (χ4n) is 1.96. The molecule has 0 aliphatic carbocycles. The summed E-state index contributed by atoms with van der Waals surface area (Å²) in [5, 5.41) is 6.61. The van der Waals surface area contributed by atoms with Crippen molar-refractivity contribution < 1.29 is 0 Å². The van der Waals surface area contributed by atoms with Gasteiger partial charge in [0.1, 0.15) is 0 Å². The average Bonchev–Trinajstić information content (AvgIpc) is 2.43. The highest BCUT2D eigenvalue weighted by Crippen LogP contribution is 2.16. The van der Waals surface area contributed by atoms with Gasteiger partial charge in [-0.15, -0.1) is 0 Å². The first-order chi connectivity index (χ1) is 9.19. The third-order valence-electron chi connectivity index (χ3n) is 3.20. The smallest absolute Gasteiger partial charge is 0.0337 e. The molecule has 0 amide bonds. The van der Waals surface area contributed by atoms with Crippen molar-refractivity contribution in [1.29, 1.82) is 0 Å². The maximum absolute atomic E-state index is 3.51. The summed E-state index contributed by atoms with van der Waals surface area (Å²) in [6.07, 6.45) is 0. The van der Waals surface area contributed by atoms with Gasteiger partial charge in [0, 0.05) is 30.3 Å². The van der Waals surface area contributed by atoms with Gasteiger partial charge in [0.05, 0.1) is 0 Å². The van der Waals surface area contributed by atoms with Crippen LogP contribution in [0.2, 0.25) is 0 Å². The van der Waals surface area contributed by atoms with Crippen LogP contribution in [0.1, 0.15) is 16.7 Å². The van der Waals surface area contributed by atoms with Gasteiger partial charge in [0.15, 0.2) is 0 Å². The van der Waals surface area contributed by atoms with E-state index in [1.165, 1.54) is 16.7 Å². The fraction of sp³-hybridized carbons (Fsp3) is 0.250. The Morgan fingerprint density at radius 2 is 1.74 bits per heavy atom. The molecule has 0 unspecified atom stereocenters. The zero-order chi connectivity index (χ0) is 13.7. The minimum atomic E-state index is 0.885. The van der Waals surface area contributed by atoms with Crippen molar-refractivity contribution in [2.75, 3.05) is 12.4 Å². The van der Waals surface area contributed by atoms with Crippen molar-refractivity contribution in [2.24, 2.45) is 0 Å². The molecule has 100 valence electrons. The summed E-state index contributed by atoms with van der Waals surface area (Å²) < 4.78 is 1.13. The molecular weight excluding hydrogens is 300 g/mol. The van der Waals surface area contributed by atoms with Crippen LogP contribution in [-0.4, -0.2) is 7.05 Å². The van der Waals surface area contributed by atoms with Gasteiger partial charge in [-0.3, -0.25) is 0 Å². The first-order valence-corrected chi connectivity index (χ1v) is 7.21. The molecule has 2 N–H and O–H groups in total. The summed E-state index contributed by atoms with van der Waals surface area (Å²) in [5.74, 6) is 0. The number of anilines is 1. The zero-order valence-electron chi connectivity index (χ0n) is 11.3. The minimum absolute atomic E-state index is 0.885. The third-order valence-corrected chi connectivity index (χ3v) is 3.69. The first kappa shape index (κ1) is 14.1. The first-order valence-electron chi connectivity index (χ1n) is 6.41. The molecule has 2 nitrogen and oxygen atoms in total. The largest absolute Gasteiger partial charge is 0.388 e. The summed E-state index contributed by atoms with van der Waals surface area (Å²) in [6.45, 7) is 3.92. The Morgan fingerprint density at radius 1 is 1.00 bits per heavy atom. The van der Waals surface area contributed by atoms with Crippen LogP contribution in [0.15, 0.2) is 46.9 Å². The summed E-state index contributed by atoms with van der Waals surface area (Å²) >= 11 is 3.51. The van der Waals surface area contributed by atoms with Crippen LogP contribution in [0.3, 0.4) is 0 Å². The van der Waals surface area contributed by atoms with Crippen LogP contribution in [0, 0.1) is 6.92 Å². The quantitative estimate of drug-likeness (QED) is 0.867. The molecular formula is C16H19BrN2. The van der Waals surface area contributed by atoms with Crippen molar-refractivity contribution in [3.63, 3.8) is 0 Å². The Kier molecular flexibility index (Phi) is 5.00. The van der Waals surface area contributed by atoms with E-state index in [4.69, 9.17) is 0 Å². The SMILES string of the molecule is CNc1ccc(CNCc2cc(Br)ccc2C)cc1. The molecule has 2 rings (SSSR count). The molecule has 0 saturated carbocycles. The van der Waals surface area contributed by atoms with E-state index in [1.807, 2.05) is 7.05 Å². The summed E-state index contributed by atoms with van der Waals surface area (Å²) in [6, 6.07) is 14.9. The van der Waals surface area contributed by atoms with Gasteiger partial charge in [-0.05, 0) is 47.9 Å². The highest BCUT2D eigenvalue weighted by Gasteiger charge is 1.99. The molecule has 0 aliphatic heterocycles. The molecule has 19 heavy (non-hydrogen) atoms. The Balaban J connectivity index is 1.90. The van der Waals surface area contributed by atoms with Crippen LogP contribution in [-0.2, 0) is 13.1 Å². The lowest BCUT2D eigenvalue weighted by Crippen LogP contribution is -2.13. The van der Waals surface area contributed by atoms with Crippen molar-refractivity contribution in [1.82, 2.24) is 5.32 Å². The number of hydrogen-bond acceptors (Lipinski definition) is 2. The van der Waals surface area contributed by atoms with Gasteiger partial charge in [0.25, 0.3) is 0 Å². The molecule has 0 saturated heterocycles. The van der Waals surface area contributed by atoms with Gasteiger partial charge in [-0.2, -0.15) is 0 Å². The second-order valence-corrected chi connectivity index (χ2v) is 5.54. The predicted molar refractivity (Wildman–Crippen MR) is 85.4 cm³/mol. The lowest BCUT2D eigenvalue weighted by atomic mass is 10.1. The zero-order valence-corrected chi connectivity index (χ0v) is 12.9. The monoisotopic (exact) mass is 318 g/mol. The van der Waals surface area contributed by atoms with Crippen molar-refractivity contribution in [3.8, 4) is 0 Å². The molecule has 0 heterocycles. The molecule has 2 aromatic carbocycles. The Hall–Kier alpha value is -1.32. The van der Waals surface area contributed by atoms with Gasteiger partial charge in [0.2, 0.25) is 0 Å². The second-order valence-electron chi connectivity index (χ2n) is 4.62. The van der Waals surface area contributed by atoms with E-state index in [0.29, 0.717) is 0 Å². The molecule has 0 fully saturated rings. The highest BCUT2D eigenvalue weighted by molar-refractivity contribution is 9.10. The predicted octanol–water partition coefficient (Wildman–Crippen LogP) is 4.09. The van der Waals surface area contributed by atoms with Gasteiger partial charge < -0.3 is 10.6 Å². The molecule has 0 aliphatic rings. The molecule has 0 spiro atoms. The van der Waals surface area contributed by atoms with Crippen molar-refractivity contribution in [3.05, 3.63) is 63.6 Å². The van der Waals surface area contributed by atoms with Gasteiger partial charge in [-0.1, -0.05) is 34.1 Å². The Bertz CT molecular complexity index is 535. The Morgan fingerprint density at radius 3 is 2.42 bits per heavy atom. The second kappa shape index (κ2) is 6.73. The summed E-state index contributed by atoms with van der Waals surface area (Å²) in [5.41, 5.74) is 5.10. The van der Waals surface area contributed by atoms with Crippen LogP contribution < -0.4 is 10.6 Å². The molecule has 0 radical (unpaired) electrons. The standard InChI is InChI=1S/C16H19BrN2/c1-12-3-6-15(17)9-14(12)11-19-10-13-4-7-16(18-2)8-5-13/h3-9,18-19H,10-11H2,1-2H3. The Labute approximate surface area is 123 Å². The van der Waals surface area contributed by atoms with Gasteiger partial charge >= 0.3 is 0 Å².